The molecule has 0 N–H and O–H groups in total. The van der Waals surface area contributed by atoms with Crippen LogP contribution in [0.3, 0.4) is 0 Å². The summed E-state index contributed by atoms with van der Waals surface area (Å²) >= 11 is 0. The van der Waals surface area contributed by atoms with Crippen LogP contribution in [0.15, 0.2) is 16.9 Å². The van der Waals surface area contributed by atoms with Gasteiger partial charge >= 0.3 is 0 Å². The van der Waals surface area contributed by atoms with Crippen LogP contribution in [0.25, 0.3) is 0 Å². The number of aromatic nitrogens is 1. The third-order valence-electron chi connectivity index (χ3n) is 2.04. The van der Waals surface area contributed by atoms with Crippen molar-refractivity contribution in [1.82, 2.24) is 4.57 Å². The summed E-state index contributed by atoms with van der Waals surface area (Å²) in [5.74, 6) is 0.405. The van der Waals surface area contributed by atoms with Crippen LogP contribution in [0.5, 0.6) is 0 Å². The first kappa shape index (κ1) is 9.04. The first-order chi connectivity index (χ1) is 5.52. The molecule has 2 heteroatoms. The lowest BCUT2D eigenvalue weighted by Gasteiger charge is -2.11. The summed E-state index contributed by atoms with van der Waals surface area (Å²) in [6.07, 6.45) is 0. The van der Waals surface area contributed by atoms with Crippen molar-refractivity contribution in [1.29, 1.82) is 0 Å². The lowest BCUT2D eigenvalue weighted by atomic mass is 10.1. The molecule has 0 aliphatic rings. The van der Waals surface area contributed by atoms with E-state index in [9.17, 15) is 4.79 Å². The zero-order valence-corrected chi connectivity index (χ0v) is 8.09. The zero-order chi connectivity index (χ0) is 9.30. The van der Waals surface area contributed by atoms with E-state index < -0.39 is 0 Å². The Morgan fingerprint density at radius 1 is 1.33 bits per heavy atom. The summed E-state index contributed by atoms with van der Waals surface area (Å²) in [4.78, 5) is 11.3. The van der Waals surface area contributed by atoms with E-state index in [1.807, 2.05) is 14.0 Å². The highest BCUT2D eigenvalue weighted by Crippen LogP contribution is 2.12. The van der Waals surface area contributed by atoms with Gasteiger partial charge in [0, 0.05) is 18.8 Å². The Bertz CT molecular complexity index is 336. The van der Waals surface area contributed by atoms with E-state index in [1.54, 1.807) is 10.6 Å². The molecule has 1 aromatic heterocycles. The largest absolute Gasteiger partial charge is 0.315 e. The molecule has 0 saturated carbocycles. The lowest BCUT2D eigenvalue weighted by Crippen LogP contribution is -2.20. The van der Waals surface area contributed by atoms with E-state index in [-0.39, 0.29) is 5.56 Å². The van der Waals surface area contributed by atoms with Crippen molar-refractivity contribution in [2.24, 2.45) is 7.05 Å². The highest BCUT2D eigenvalue weighted by atomic mass is 16.1. The molecule has 0 saturated heterocycles. The Hall–Kier alpha value is -1.05. The van der Waals surface area contributed by atoms with Gasteiger partial charge in [-0.25, -0.2) is 0 Å². The van der Waals surface area contributed by atoms with Gasteiger partial charge in [0.25, 0.3) is 5.56 Å². The summed E-state index contributed by atoms with van der Waals surface area (Å²) in [6.45, 7) is 6.13. The molecule has 66 valence electrons. The minimum Gasteiger partial charge on any atom is -0.315 e. The fraction of sp³-hybridized carbons (Fsp3) is 0.500. The average Bonchev–Trinajstić information content (AvgIpc) is 1.96. The zero-order valence-electron chi connectivity index (χ0n) is 8.09. The van der Waals surface area contributed by atoms with E-state index >= 15 is 0 Å². The van der Waals surface area contributed by atoms with Crippen LogP contribution >= 0.6 is 0 Å². The van der Waals surface area contributed by atoms with Gasteiger partial charge < -0.3 is 4.57 Å². The molecule has 1 heterocycles. The van der Waals surface area contributed by atoms with Crippen LogP contribution in [0.1, 0.15) is 31.0 Å². The fourth-order valence-electron chi connectivity index (χ4n) is 1.34. The van der Waals surface area contributed by atoms with Crippen molar-refractivity contribution in [3.8, 4) is 0 Å². The minimum atomic E-state index is 0.0821. The van der Waals surface area contributed by atoms with Crippen LogP contribution in [0.2, 0.25) is 0 Å². The predicted octanol–water partition coefficient (Wildman–Crippen LogP) is 1.82. The van der Waals surface area contributed by atoms with Gasteiger partial charge in [0.1, 0.15) is 0 Å². The molecular formula is C10H15NO. The smallest absolute Gasteiger partial charge is 0.250 e. The van der Waals surface area contributed by atoms with E-state index in [2.05, 4.69) is 19.9 Å². The predicted molar refractivity (Wildman–Crippen MR) is 50.5 cm³/mol. The van der Waals surface area contributed by atoms with Gasteiger partial charge in [0.2, 0.25) is 0 Å². The molecule has 0 radical (unpaired) electrons. The van der Waals surface area contributed by atoms with Crippen LogP contribution < -0.4 is 5.56 Å². The summed E-state index contributed by atoms with van der Waals surface area (Å²) < 4.78 is 1.71. The molecule has 0 aliphatic heterocycles. The van der Waals surface area contributed by atoms with Crippen molar-refractivity contribution in [2.45, 2.75) is 26.7 Å². The number of pyridine rings is 1. The van der Waals surface area contributed by atoms with Crippen molar-refractivity contribution in [3.63, 3.8) is 0 Å². The highest BCUT2D eigenvalue weighted by molar-refractivity contribution is 5.18. The molecule has 0 atom stereocenters. The third kappa shape index (κ3) is 1.58. The highest BCUT2D eigenvalue weighted by Gasteiger charge is 2.04. The number of rotatable bonds is 1. The van der Waals surface area contributed by atoms with E-state index in [0.717, 1.165) is 11.3 Å². The summed E-state index contributed by atoms with van der Waals surface area (Å²) in [5, 5.41) is 0. The number of aryl methyl sites for hydroxylation is 1. The number of hydrogen-bond donors (Lipinski definition) is 0. The number of hydrogen-bond acceptors (Lipinski definition) is 1. The topological polar surface area (TPSA) is 22.0 Å². The molecule has 1 rings (SSSR count). The molecule has 0 fully saturated rings. The Morgan fingerprint density at radius 2 is 1.92 bits per heavy atom. The Morgan fingerprint density at radius 3 is 2.42 bits per heavy atom. The van der Waals surface area contributed by atoms with Crippen molar-refractivity contribution >= 4 is 0 Å². The van der Waals surface area contributed by atoms with Gasteiger partial charge in [-0.3, -0.25) is 4.79 Å². The van der Waals surface area contributed by atoms with E-state index in [1.165, 1.54) is 0 Å². The quantitative estimate of drug-likeness (QED) is 0.622. The molecule has 0 spiro atoms. The molecule has 0 aliphatic carbocycles. The monoisotopic (exact) mass is 165 g/mol. The Labute approximate surface area is 72.8 Å². The second kappa shape index (κ2) is 3.13. The summed E-state index contributed by atoms with van der Waals surface area (Å²) in [6, 6.07) is 3.72. The van der Waals surface area contributed by atoms with Gasteiger partial charge in [-0.15, -0.1) is 0 Å². The Balaban J connectivity index is 3.38. The van der Waals surface area contributed by atoms with Crippen LogP contribution in [-0.2, 0) is 7.05 Å². The van der Waals surface area contributed by atoms with Crippen molar-refractivity contribution in [3.05, 3.63) is 33.7 Å². The molecule has 0 aromatic carbocycles. The first-order valence-electron chi connectivity index (χ1n) is 4.20. The maximum absolute atomic E-state index is 11.3. The summed E-state index contributed by atoms with van der Waals surface area (Å²) in [5.41, 5.74) is 2.22. The SMILES string of the molecule is Cc1cc(C(C)C)n(C)c(=O)c1. The van der Waals surface area contributed by atoms with Gasteiger partial charge in [-0.1, -0.05) is 13.8 Å². The maximum atomic E-state index is 11.3. The molecule has 0 amide bonds. The number of nitrogens with zero attached hydrogens (tertiary/aromatic N) is 1. The van der Waals surface area contributed by atoms with Gasteiger partial charge in [-0.05, 0) is 24.5 Å². The maximum Gasteiger partial charge on any atom is 0.250 e. The van der Waals surface area contributed by atoms with Crippen molar-refractivity contribution < 1.29 is 0 Å². The normalized spacial score (nSPS) is 10.8. The minimum absolute atomic E-state index is 0.0821. The lowest BCUT2D eigenvalue weighted by molar-refractivity contribution is 0.704. The molecule has 2 nitrogen and oxygen atoms in total. The van der Waals surface area contributed by atoms with Gasteiger partial charge in [0.05, 0.1) is 0 Å². The standard InChI is InChI=1S/C10H15NO/c1-7(2)9-5-8(3)6-10(12)11(9)4/h5-7H,1-4H3. The molecule has 0 bridgehead atoms. The third-order valence-corrected chi connectivity index (χ3v) is 2.04. The second-order valence-electron chi connectivity index (χ2n) is 3.51. The summed E-state index contributed by atoms with van der Waals surface area (Å²) in [7, 11) is 1.82. The van der Waals surface area contributed by atoms with Crippen LogP contribution in [-0.4, -0.2) is 4.57 Å². The molecule has 1 aromatic rings. The first-order valence-corrected chi connectivity index (χ1v) is 4.20. The van der Waals surface area contributed by atoms with Crippen LogP contribution in [0.4, 0.5) is 0 Å². The van der Waals surface area contributed by atoms with Crippen molar-refractivity contribution in [2.75, 3.05) is 0 Å². The molecule has 0 unspecified atom stereocenters. The Kier molecular flexibility index (Phi) is 2.36. The fourth-order valence-corrected chi connectivity index (χ4v) is 1.34. The average molecular weight is 165 g/mol. The van der Waals surface area contributed by atoms with E-state index in [0.29, 0.717) is 5.92 Å². The van der Waals surface area contributed by atoms with E-state index in [4.69, 9.17) is 0 Å². The molecule has 12 heavy (non-hydrogen) atoms. The van der Waals surface area contributed by atoms with Gasteiger partial charge in [-0.2, -0.15) is 0 Å². The second-order valence-corrected chi connectivity index (χ2v) is 3.51. The molecular weight excluding hydrogens is 150 g/mol. The van der Waals surface area contributed by atoms with Gasteiger partial charge in [0.15, 0.2) is 0 Å². The van der Waals surface area contributed by atoms with Crippen LogP contribution in [0, 0.1) is 6.92 Å².